The molecule has 0 atom stereocenters. The van der Waals surface area contributed by atoms with Gasteiger partial charge in [0.15, 0.2) is 5.69 Å². The highest BCUT2D eigenvalue weighted by molar-refractivity contribution is 5.96. The molecule has 0 fully saturated rings. The van der Waals surface area contributed by atoms with E-state index in [4.69, 9.17) is 0 Å². The van der Waals surface area contributed by atoms with E-state index in [1.807, 2.05) is 38.1 Å². The average Bonchev–Trinajstić information content (AvgIpc) is 3.11. The molecule has 1 amide bonds. The second kappa shape index (κ2) is 5.48. The first-order valence-corrected chi connectivity index (χ1v) is 7.01. The zero-order valence-corrected chi connectivity index (χ0v) is 12.3. The van der Waals surface area contributed by atoms with E-state index in [0.29, 0.717) is 11.4 Å². The van der Waals surface area contributed by atoms with E-state index < -0.39 is 5.91 Å². The minimum atomic E-state index is -0.481. The molecule has 2 heterocycles. The fourth-order valence-electron chi connectivity index (χ4n) is 2.47. The number of para-hydroxylation sites is 1. The molecular formula is C16H16N4O2. The summed E-state index contributed by atoms with van der Waals surface area (Å²) in [5, 5.41) is 18.9. The van der Waals surface area contributed by atoms with Gasteiger partial charge in [-0.15, -0.1) is 10.2 Å². The van der Waals surface area contributed by atoms with Crippen molar-refractivity contribution in [3.8, 4) is 5.88 Å². The molecule has 0 saturated heterocycles. The minimum absolute atomic E-state index is 0.0132. The Hall–Kier alpha value is -2.89. The maximum atomic E-state index is 11.9. The van der Waals surface area contributed by atoms with Gasteiger partial charge < -0.3 is 14.7 Å². The predicted octanol–water partition coefficient (Wildman–Crippen LogP) is 4.18. The van der Waals surface area contributed by atoms with Gasteiger partial charge in [-0.25, -0.2) is 0 Å². The number of H-pyrrole nitrogens is 1. The molecule has 0 aliphatic heterocycles. The van der Waals surface area contributed by atoms with E-state index in [2.05, 4.69) is 15.2 Å². The Morgan fingerprint density at radius 2 is 2.00 bits per heavy atom. The summed E-state index contributed by atoms with van der Waals surface area (Å²) in [4.78, 5) is 14.7. The van der Waals surface area contributed by atoms with Crippen molar-refractivity contribution in [2.75, 3.05) is 0 Å². The van der Waals surface area contributed by atoms with Crippen LogP contribution in [0.5, 0.6) is 5.88 Å². The SMILES string of the molecule is CC(C)n1c(O)c(N=NC(=O)c2ccc[nH]2)c2ccccc21. The van der Waals surface area contributed by atoms with Crippen molar-refractivity contribution < 1.29 is 9.90 Å². The molecule has 1 aromatic carbocycles. The van der Waals surface area contributed by atoms with Gasteiger partial charge in [0.2, 0.25) is 5.88 Å². The zero-order valence-electron chi connectivity index (χ0n) is 12.3. The van der Waals surface area contributed by atoms with Crippen LogP contribution in [-0.2, 0) is 0 Å². The molecule has 6 nitrogen and oxygen atoms in total. The first-order chi connectivity index (χ1) is 10.6. The second-order valence-electron chi connectivity index (χ2n) is 5.24. The highest BCUT2D eigenvalue weighted by Gasteiger charge is 2.18. The molecule has 2 aromatic heterocycles. The molecule has 6 heteroatoms. The fourth-order valence-corrected chi connectivity index (χ4v) is 2.47. The molecule has 0 aliphatic rings. The smallest absolute Gasteiger partial charge is 0.311 e. The van der Waals surface area contributed by atoms with Crippen molar-refractivity contribution in [3.63, 3.8) is 0 Å². The molecule has 22 heavy (non-hydrogen) atoms. The lowest BCUT2D eigenvalue weighted by atomic mass is 10.2. The topological polar surface area (TPSA) is 82.7 Å². The molecule has 0 unspecified atom stereocenters. The van der Waals surface area contributed by atoms with E-state index in [0.717, 1.165) is 10.9 Å². The molecule has 0 spiro atoms. The lowest BCUT2D eigenvalue weighted by molar-refractivity contribution is 0.0991. The third-order valence-electron chi connectivity index (χ3n) is 3.44. The van der Waals surface area contributed by atoms with Crippen molar-refractivity contribution in [2.24, 2.45) is 10.2 Å². The lowest BCUT2D eigenvalue weighted by Crippen LogP contribution is -1.98. The average molecular weight is 296 g/mol. The van der Waals surface area contributed by atoms with Crippen LogP contribution in [0.3, 0.4) is 0 Å². The van der Waals surface area contributed by atoms with E-state index in [-0.39, 0.29) is 11.9 Å². The Kier molecular flexibility index (Phi) is 3.50. The number of rotatable bonds is 3. The Morgan fingerprint density at radius 1 is 1.23 bits per heavy atom. The number of aromatic hydroxyl groups is 1. The normalized spacial score (nSPS) is 11.8. The fraction of sp³-hybridized carbons (Fsp3) is 0.188. The van der Waals surface area contributed by atoms with E-state index in [1.54, 1.807) is 22.9 Å². The Labute approximate surface area is 127 Å². The molecule has 3 rings (SSSR count). The van der Waals surface area contributed by atoms with Gasteiger partial charge >= 0.3 is 5.91 Å². The molecule has 0 aliphatic carbocycles. The zero-order chi connectivity index (χ0) is 15.7. The van der Waals surface area contributed by atoms with Crippen LogP contribution < -0.4 is 0 Å². The number of nitrogens with zero attached hydrogens (tertiary/aromatic N) is 3. The maximum Gasteiger partial charge on any atom is 0.311 e. The van der Waals surface area contributed by atoms with Crippen LogP contribution in [0.1, 0.15) is 30.4 Å². The third-order valence-corrected chi connectivity index (χ3v) is 3.44. The van der Waals surface area contributed by atoms with Gasteiger partial charge in [-0.2, -0.15) is 0 Å². The summed E-state index contributed by atoms with van der Waals surface area (Å²) in [6, 6.07) is 10.9. The van der Waals surface area contributed by atoms with Gasteiger partial charge in [0.05, 0.1) is 5.52 Å². The lowest BCUT2D eigenvalue weighted by Gasteiger charge is -2.10. The summed E-state index contributed by atoms with van der Waals surface area (Å²) in [5.74, 6) is -0.468. The second-order valence-corrected chi connectivity index (χ2v) is 5.24. The van der Waals surface area contributed by atoms with E-state index >= 15 is 0 Å². The number of hydrogen-bond acceptors (Lipinski definition) is 3. The predicted molar refractivity (Wildman–Crippen MR) is 83.6 cm³/mol. The molecule has 3 aromatic rings. The largest absolute Gasteiger partial charge is 0.493 e. The van der Waals surface area contributed by atoms with Gasteiger partial charge in [-0.05, 0) is 32.0 Å². The number of fused-ring (bicyclic) bond motifs is 1. The van der Waals surface area contributed by atoms with Gasteiger partial charge in [0, 0.05) is 17.6 Å². The monoisotopic (exact) mass is 296 g/mol. The summed E-state index contributed by atoms with van der Waals surface area (Å²) in [5.41, 5.74) is 1.52. The minimum Gasteiger partial charge on any atom is -0.493 e. The van der Waals surface area contributed by atoms with Gasteiger partial charge in [0.1, 0.15) is 5.69 Å². The summed E-state index contributed by atoms with van der Waals surface area (Å²) >= 11 is 0. The van der Waals surface area contributed by atoms with Crippen molar-refractivity contribution in [1.29, 1.82) is 0 Å². The summed E-state index contributed by atoms with van der Waals surface area (Å²) in [6.07, 6.45) is 1.64. The third kappa shape index (κ3) is 2.28. The first kappa shape index (κ1) is 14.1. The Balaban J connectivity index is 2.08. The highest BCUT2D eigenvalue weighted by atomic mass is 16.3. The summed E-state index contributed by atoms with van der Waals surface area (Å²) in [6.45, 7) is 3.94. The van der Waals surface area contributed by atoms with Crippen molar-refractivity contribution in [1.82, 2.24) is 9.55 Å². The standard InChI is InChI=1S/C16H16N4O2/c1-10(2)20-13-8-4-3-6-11(13)14(16(20)22)18-19-15(21)12-7-5-9-17-12/h3-10,17,22H,1-2H3. The molecular weight excluding hydrogens is 280 g/mol. The van der Waals surface area contributed by atoms with Gasteiger partial charge in [-0.3, -0.25) is 4.79 Å². The van der Waals surface area contributed by atoms with Crippen LogP contribution in [0.4, 0.5) is 5.69 Å². The number of carbonyl (C=O) groups is 1. The molecule has 112 valence electrons. The number of benzene rings is 1. The number of azo groups is 1. The number of aromatic amines is 1. The summed E-state index contributed by atoms with van der Waals surface area (Å²) in [7, 11) is 0. The maximum absolute atomic E-state index is 11.9. The molecule has 2 N–H and O–H groups in total. The number of carbonyl (C=O) groups excluding carboxylic acids is 1. The van der Waals surface area contributed by atoms with Crippen LogP contribution in [0.25, 0.3) is 10.9 Å². The molecule has 0 bridgehead atoms. The van der Waals surface area contributed by atoms with Crippen LogP contribution in [0, 0.1) is 0 Å². The highest BCUT2D eigenvalue weighted by Crippen LogP contribution is 2.40. The van der Waals surface area contributed by atoms with Crippen molar-refractivity contribution in [2.45, 2.75) is 19.9 Å². The number of hydrogen-bond donors (Lipinski definition) is 2. The number of nitrogens with one attached hydrogen (secondary N) is 1. The van der Waals surface area contributed by atoms with E-state index in [1.165, 1.54) is 0 Å². The quantitative estimate of drug-likeness (QED) is 0.711. The van der Waals surface area contributed by atoms with Gasteiger partial charge in [0.25, 0.3) is 0 Å². The number of amides is 1. The van der Waals surface area contributed by atoms with Crippen LogP contribution in [-0.4, -0.2) is 20.6 Å². The van der Waals surface area contributed by atoms with Crippen molar-refractivity contribution >= 4 is 22.5 Å². The van der Waals surface area contributed by atoms with Crippen molar-refractivity contribution in [3.05, 3.63) is 48.3 Å². The van der Waals surface area contributed by atoms with E-state index in [9.17, 15) is 9.90 Å². The van der Waals surface area contributed by atoms with Gasteiger partial charge in [-0.1, -0.05) is 18.2 Å². The number of aromatic nitrogens is 2. The molecule has 0 saturated carbocycles. The first-order valence-electron chi connectivity index (χ1n) is 7.01. The Morgan fingerprint density at radius 3 is 2.68 bits per heavy atom. The molecule has 0 radical (unpaired) electrons. The van der Waals surface area contributed by atoms with Crippen LogP contribution >= 0.6 is 0 Å². The van der Waals surface area contributed by atoms with Crippen LogP contribution in [0.2, 0.25) is 0 Å². The summed E-state index contributed by atoms with van der Waals surface area (Å²) < 4.78 is 1.77. The van der Waals surface area contributed by atoms with Crippen LogP contribution in [0.15, 0.2) is 52.8 Å². The Bertz CT molecular complexity index is 845.